The van der Waals surface area contributed by atoms with E-state index < -0.39 is 21.0 Å². The van der Waals surface area contributed by atoms with Crippen LogP contribution in [0, 0.1) is 24.0 Å². The number of nitro groups is 1. The summed E-state index contributed by atoms with van der Waals surface area (Å²) in [7, 11) is -2.33. The van der Waals surface area contributed by atoms with Gasteiger partial charge in [-0.3, -0.25) is 10.1 Å². The van der Waals surface area contributed by atoms with E-state index in [1.807, 2.05) is 19.9 Å². The zero-order valence-corrected chi connectivity index (χ0v) is 16.0. The normalized spacial score (nSPS) is 12.6. The summed E-state index contributed by atoms with van der Waals surface area (Å²) in [4.78, 5) is 10.4. The van der Waals surface area contributed by atoms with Gasteiger partial charge >= 0.3 is 0 Å². The number of hydrogen-bond acceptors (Lipinski definition) is 5. The molecule has 0 bridgehead atoms. The number of benzene rings is 2. The number of nitro benzene ring substituents is 1. The first-order valence-corrected chi connectivity index (χ1v) is 9.59. The van der Waals surface area contributed by atoms with Crippen molar-refractivity contribution in [1.82, 2.24) is 4.72 Å². The van der Waals surface area contributed by atoms with Crippen LogP contribution in [0.1, 0.15) is 36.1 Å². The summed E-state index contributed by atoms with van der Waals surface area (Å²) in [6.07, 6.45) is 0.527. The number of methoxy groups -OCH3 is 1. The molecule has 0 aliphatic heterocycles. The molecule has 0 fully saturated rings. The Bertz CT molecular complexity index is 925. The van der Waals surface area contributed by atoms with Crippen molar-refractivity contribution in [2.45, 2.75) is 38.1 Å². The fourth-order valence-electron chi connectivity index (χ4n) is 2.71. The van der Waals surface area contributed by atoms with Gasteiger partial charge in [0.25, 0.3) is 5.69 Å². The minimum Gasteiger partial charge on any atom is -0.496 e. The molecule has 1 N–H and O–H groups in total. The average Bonchev–Trinajstić information content (AvgIpc) is 2.59. The number of nitrogens with one attached hydrogen (secondary N) is 1. The third-order valence-corrected chi connectivity index (χ3v) is 5.68. The maximum Gasteiger partial charge on any atom is 0.273 e. The van der Waals surface area contributed by atoms with E-state index in [1.165, 1.54) is 12.1 Å². The second-order valence-corrected chi connectivity index (χ2v) is 7.73. The molecule has 0 heterocycles. The quantitative estimate of drug-likeness (QED) is 0.586. The Balaban J connectivity index is 2.36. The predicted molar refractivity (Wildman–Crippen MR) is 98.9 cm³/mol. The van der Waals surface area contributed by atoms with E-state index in [0.717, 1.165) is 22.9 Å². The van der Waals surface area contributed by atoms with Crippen molar-refractivity contribution in [1.29, 1.82) is 0 Å². The predicted octanol–water partition coefficient (Wildman–Crippen LogP) is 3.65. The summed E-state index contributed by atoms with van der Waals surface area (Å²) in [5, 5.41) is 11.1. The Morgan fingerprint density at radius 1 is 1.15 bits per heavy atom. The lowest BCUT2D eigenvalue weighted by Crippen LogP contribution is -2.28. The van der Waals surface area contributed by atoms with E-state index in [-0.39, 0.29) is 10.6 Å². The van der Waals surface area contributed by atoms with Crippen molar-refractivity contribution in [3.05, 3.63) is 63.2 Å². The number of nitrogens with zero attached hydrogens (tertiary/aromatic N) is 1. The highest BCUT2D eigenvalue weighted by molar-refractivity contribution is 7.89. The summed E-state index contributed by atoms with van der Waals surface area (Å²) in [6.45, 7) is 5.31. The molecule has 0 amide bonds. The molecule has 26 heavy (non-hydrogen) atoms. The number of hydrogen-bond donors (Lipinski definition) is 1. The number of sulfonamides is 1. The minimum absolute atomic E-state index is 0.126. The van der Waals surface area contributed by atoms with Crippen molar-refractivity contribution in [2.75, 3.05) is 7.11 Å². The molecular formula is C18H22N2O5S. The van der Waals surface area contributed by atoms with Gasteiger partial charge in [0.1, 0.15) is 5.75 Å². The van der Waals surface area contributed by atoms with Crippen molar-refractivity contribution in [3.8, 4) is 5.75 Å². The lowest BCUT2D eigenvalue weighted by atomic mass is 10.0. The van der Waals surface area contributed by atoms with E-state index in [4.69, 9.17) is 4.74 Å². The van der Waals surface area contributed by atoms with Gasteiger partial charge in [-0.25, -0.2) is 13.1 Å². The largest absolute Gasteiger partial charge is 0.496 e. The van der Waals surface area contributed by atoms with Crippen LogP contribution in [-0.2, 0) is 10.0 Å². The van der Waals surface area contributed by atoms with Crippen LogP contribution in [0.5, 0.6) is 5.75 Å². The Labute approximate surface area is 153 Å². The molecule has 140 valence electrons. The SMILES string of the molecule is CC[C@H](NS(=O)(=O)c1ccc(C)c([N+](=O)[O-])c1)c1ccc(OC)c(C)c1. The lowest BCUT2D eigenvalue weighted by molar-refractivity contribution is -0.385. The molecule has 2 aromatic carbocycles. The second-order valence-electron chi connectivity index (χ2n) is 6.02. The van der Waals surface area contributed by atoms with Crippen LogP contribution in [0.15, 0.2) is 41.3 Å². The molecule has 0 aromatic heterocycles. The van der Waals surface area contributed by atoms with Gasteiger partial charge in [-0.15, -0.1) is 0 Å². The van der Waals surface area contributed by atoms with Gasteiger partial charge in [0, 0.05) is 17.7 Å². The molecule has 0 aliphatic rings. The fourth-order valence-corrected chi connectivity index (χ4v) is 4.04. The highest BCUT2D eigenvalue weighted by Crippen LogP contribution is 2.27. The van der Waals surface area contributed by atoms with Crippen molar-refractivity contribution in [3.63, 3.8) is 0 Å². The standard InChI is InChI=1S/C18H22N2O5S/c1-5-16(14-7-9-18(25-4)13(3)10-14)19-26(23,24)15-8-6-12(2)17(11-15)20(21)22/h6-11,16,19H,5H2,1-4H3/t16-/m0/s1. The van der Waals surface area contributed by atoms with E-state index in [0.29, 0.717) is 12.0 Å². The molecule has 8 heteroatoms. The summed E-state index contributed by atoms with van der Waals surface area (Å²) < 4.78 is 33.3. The summed E-state index contributed by atoms with van der Waals surface area (Å²) in [5.74, 6) is 0.723. The first-order valence-electron chi connectivity index (χ1n) is 8.11. The van der Waals surface area contributed by atoms with Gasteiger partial charge in [-0.1, -0.05) is 25.1 Å². The van der Waals surface area contributed by atoms with Crippen LogP contribution in [0.3, 0.4) is 0 Å². The highest BCUT2D eigenvalue weighted by Gasteiger charge is 2.23. The Hall–Kier alpha value is -2.45. The third-order valence-electron chi connectivity index (χ3n) is 4.21. The van der Waals surface area contributed by atoms with E-state index in [2.05, 4.69) is 4.72 Å². The summed E-state index contributed by atoms with van der Waals surface area (Å²) in [6, 6.07) is 8.90. The molecule has 0 aliphatic carbocycles. The Morgan fingerprint density at radius 2 is 1.85 bits per heavy atom. The maximum atomic E-state index is 12.7. The van der Waals surface area contributed by atoms with Crippen molar-refractivity contribution >= 4 is 15.7 Å². The molecule has 0 unspecified atom stereocenters. The number of rotatable bonds is 7. The van der Waals surface area contributed by atoms with E-state index in [1.54, 1.807) is 26.2 Å². The highest BCUT2D eigenvalue weighted by atomic mass is 32.2. The molecular weight excluding hydrogens is 356 g/mol. The van der Waals surface area contributed by atoms with Crippen LogP contribution in [0.25, 0.3) is 0 Å². The Kier molecular flexibility index (Phi) is 5.99. The van der Waals surface area contributed by atoms with Crippen LogP contribution in [0.4, 0.5) is 5.69 Å². The van der Waals surface area contributed by atoms with Gasteiger partial charge in [0.2, 0.25) is 10.0 Å². The third kappa shape index (κ3) is 4.20. The first kappa shape index (κ1) is 19.9. The first-order chi connectivity index (χ1) is 12.2. The monoisotopic (exact) mass is 378 g/mol. The summed E-state index contributed by atoms with van der Waals surface area (Å²) >= 11 is 0. The van der Waals surface area contributed by atoms with Gasteiger partial charge < -0.3 is 4.74 Å². The van der Waals surface area contributed by atoms with E-state index >= 15 is 0 Å². The molecule has 2 rings (SSSR count). The smallest absolute Gasteiger partial charge is 0.273 e. The van der Waals surface area contributed by atoms with Gasteiger partial charge in [0.05, 0.1) is 16.9 Å². The van der Waals surface area contributed by atoms with Crippen LogP contribution < -0.4 is 9.46 Å². The van der Waals surface area contributed by atoms with Crippen LogP contribution in [0.2, 0.25) is 0 Å². The second kappa shape index (κ2) is 7.84. The molecule has 2 aromatic rings. The molecule has 0 saturated carbocycles. The Morgan fingerprint density at radius 3 is 2.38 bits per heavy atom. The fraction of sp³-hybridized carbons (Fsp3) is 0.333. The van der Waals surface area contributed by atoms with Gasteiger partial charge in [0.15, 0.2) is 0 Å². The van der Waals surface area contributed by atoms with Crippen molar-refractivity contribution in [2.24, 2.45) is 0 Å². The molecule has 0 saturated heterocycles. The van der Waals surface area contributed by atoms with Crippen molar-refractivity contribution < 1.29 is 18.1 Å². The number of aryl methyl sites for hydroxylation is 2. The number of ether oxygens (including phenoxy) is 1. The summed E-state index contributed by atoms with van der Waals surface area (Å²) in [5.41, 5.74) is 1.89. The lowest BCUT2D eigenvalue weighted by Gasteiger charge is -2.19. The van der Waals surface area contributed by atoms with Crippen LogP contribution in [-0.4, -0.2) is 20.5 Å². The van der Waals surface area contributed by atoms with Gasteiger partial charge in [-0.2, -0.15) is 0 Å². The maximum absolute atomic E-state index is 12.7. The molecule has 0 radical (unpaired) electrons. The molecule has 1 atom stereocenters. The molecule has 7 nitrogen and oxygen atoms in total. The minimum atomic E-state index is -3.91. The average molecular weight is 378 g/mol. The van der Waals surface area contributed by atoms with Gasteiger partial charge in [-0.05, 0) is 43.5 Å². The molecule has 0 spiro atoms. The van der Waals surface area contributed by atoms with E-state index in [9.17, 15) is 18.5 Å². The van der Waals surface area contributed by atoms with Crippen LogP contribution >= 0.6 is 0 Å². The topological polar surface area (TPSA) is 98.5 Å². The zero-order chi connectivity index (χ0) is 19.5. The zero-order valence-electron chi connectivity index (χ0n) is 15.1.